The van der Waals surface area contributed by atoms with Crippen LogP contribution in [-0.4, -0.2) is 28.5 Å². The van der Waals surface area contributed by atoms with Gasteiger partial charge in [-0.2, -0.15) is 0 Å². The third-order valence-electron chi connectivity index (χ3n) is 2.16. The Balaban J connectivity index is 2.05. The Morgan fingerprint density at radius 2 is 2.62 bits per heavy atom. The minimum atomic E-state index is 0.232. The molecule has 2 aliphatic rings. The molecule has 2 N–H and O–H groups in total. The number of allylic oxidation sites excluding steroid dienone is 1. The number of amides is 1. The Hall–Kier alpha value is -0.740. The van der Waals surface area contributed by atoms with Gasteiger partial charge in [-0.05, 0) is 5.57 Å². The van der Waals surface area contributed by atoms with Crippen LogP contribution in [-0.2, 0) is 4.79 Å². The quantitative estimate of drug-likeness (QED) is 0.661. The zero-order valence-electron chi connectivity index (χ0n) is 7.27. The first-order chi connectivity index (χ1) is 6.31. The monoisotopic (exact) mass is 196 g/mol. The van der Waals surface area contributed by atoms with Crippen LogP contribution < -0.4 is 5.73 Å². The molecule has 2 rings (SSSR count). The van der Waals surface area contributed by atoms with Gasteiger partial charge in [0.1, 0.15) is 0 Å². The molecular weight excluding hydrogens is 184 g/mol. The zero-order chi connectivity index (χ0) is 9.26. The topological polar surface area (TPSA) is 46.3 Å². The average molecular weight is 196 g/mol. The molecule has 1 fully saturated rings. The van der Waals surface area contributed by atoms with E-state index >= 15 is 0 Å². The molecule has 0 spiro atoms. The predicted molar refractivity (Wildman–Crippen MR) is 54.0 cm³/mol. The van der Waals surface area contributed by atoms with Gasteiger partial charge in [0, 0.05) is 18.5 Å². The largest absolute Gasteiger partial charge is 0.327 e. The van der Waals surface area contributed by atoms with Crippen LogP contribution in [0, 0.1) is 0 Å². The molecule has 3 nitrogen and oxygen atoms in total. The molecule has 0 unspecified atom stereocenters. The van der Waals surface area contributed by atoms with Crippen molar-refractivity contribution in [1.82, 2.24) is 4.90 Å². The molecule has 70 valence electrons. The summed E-state index contributed by atoms with van der Waals surface area (Å²) in [6.07, 6.45) is 6.56. The van der Waals surface area contributed by atoms with E-state index in [-0.39, 0.29) is 5.91 Å². The van der Waals surface area contributed by atoms with Crippen LogP contribution in [0.1, 0.15) is 6.42 Å². The maximum atomic E-state index is 11.1. The van der Waals surface area contributed by atoms with E-state index in [0.29, 0.717) is 18.3 Å². The highest BCUT2D eigenvalue weighted by atomic mass is 32.2. The van der Waals surface area contributed by atoms with Crippen molar-refractivity contribution in [3.63, 3.8) is 0 Å². The highest BCUT2D eigenvalue weighted by Gasteiger charge is 2.37. The second-order valence-corrected chi connectivity index (χ2v) is 4.28. The summed E-state index contributed by atoms with van der Waals surface area (Å²) in [4.78, 5) is 12.9. The van der Waals surface area contributed by atoms with E-state index in [1.54, 1.807) is 0 Å². The Morgan fingerprint density at radius 3 is 3.31 bits per heavy atom. The summed E-state index contributed by atoms with van der Waals surface area (Å²) < 4.78 is 0. The van der Waals surface area contributed by atoms with Crippen molar-refractivity contribution < 1.29 is 4.79 Å². The lowest BCUT2D eigenvalue weighted by Crippen LogP contribution is -2.49. The van der Waals surface area contributed by atoms with Crippen LogP contribution in [0.3, 0.4) is 0 Å². The molecule has 0 saturated carbocycles. The lowest BCUT2D eigenvalue weighted by molar-refractivity contribution is -0.137. The smallest absolute Gasteiger partial charge is 0.230 e. The van der Waals surface area contributed by atoms with Crippen LogP contribution in [0.5, 0.6) is 0 Å². The van der Waals surface area contributed by atoms with Gasteiger partial charge in [-0.3, -0.25) is 4.79 Å². The molecular formula is C9H12N2OS. The van der Waals surface area contributed by atoms with Gasteiger partial charge in [0.25, 0.3) is 0 Å². The fourth-order valence-electron chi connectivity index (χ4n) is 1.41. The van der Waals surface area contributed by atoms with Gasteiger partial charge in [-0.1, -0.05) is 12.2 Å². The van der Waals surface area contributed by atoms with Crippen LogP contribution in [0.25, 0.3) is 0 Å². The molecule has 1 amide bonds. The van der Waals surface area contributed by atoms with Crippen LogP contribution in [0.15, 0.2) is 23.9 Å². The molecule has 2 aliphatic heterocycles. The summed E-state index contributed by atoms with van der Waals surface area (Å²) in [5, 5.41) is 0.405. The second-order valence-electron chi connectivity index (χ2n) is 3.11. The van der Waals surface area contributed by atoms with Gasteiger partial charge in [-0.25, -0.2) is 0 Å². The molecule has 1 saturated heterocycles. The van der Waals surface area contributed by atoms with Gasteiger partial charge < -0.3 is 10.6 Å². The summed E-state index contributed by atoms with van der Waals surface area (Å²) in [6.45, 7) is 0.555. The standard InChI is InChI=1S/C9H12N2OS/c10-3-1-2-7-5-11-8(12)4-9(11)13-6-7/h1-2,5,9H,3-4,6,10H2/b2-1+/t9-/m0/s1. The van der Waals surface area contributed by atoms with Gasteiger partial charge in [0.05, 0.1) is 11.8 Å². The van der Waals surface area contributed by atoms with Gasteiger partial charge in [0.15, 0.2) is 0 Å². The van der Waals surface area contributed by atoms with Crippen molar-refractivity contribution in [1.29, 1.82) is 0 Å². The van der Waals surface area contributed by atoms with Crippen LogP contribution in [0.4, 0.5) is 0 Å². The number of hydrogen-bond donors (Lipinski definition) is 1. The van der Waals surface area contributed by atoms with Crippen molar-refractivity contribution in [2.45, 2.75) is 11.8 Å². The molecule has 0 aromatic carbocycles. The van der Waals surface area contributed by atoms with Crippen molar-refractivity contribution in [2.75, 3.05) is 12.3 Å². The Morgan fingerprint density at radius 1 is 1.77 bits per heavy atom. The zero-order valence-corrected chi connectivity index (χ0v) is 8.09. The first-order valence-corrected chi connectivity index (χ1v) is 5.36. The minimum Gasteiger partial charge on any atom is -0.327 e. The molecule has 0 aliphatic carbocycles. The Labute approximate surface area is 81.7 Å². The number of carbonyl (C=O) groups is 1. The first kappa shape index (κ1) is 8.84. The molecule has 0 aromatic heterocycles. The summed E-state index contributed by atoms with van der Waals surface area (Å²) >= 11 is 1.82. The summed E-state index contributed by atoms with van der Waals surface area (Å²) in [7, 11) is 0. The number of nitrogens with zero attached hydrogens (tertiary/aromatic N) is 1. The third-order valence-corrected chi connectivity index (χ3v) is 3.44. The SMILES string of the molecule is NC/C=C/C1=CN2C(=O)C[C@@H]2SC1. The van der Waals surface area contributed by atoms with E-state index in [9.17, 15) is 4.79 Å². The lowest BCUT2D eigenvalue weighted by Gasteiger charge is -2.40. The van der Waals surface area contributed by atoms with Gasteiger partial charge in [-0.15, -0.1) is 11.8 Å². The van der Waals surface area contributed by atoms with Gasteiger partial charge in [0.2, 0.25) is 5.91 Å². The number of carbonyl (C=O) groups excluding carboxylic acids is 1. The highest BCUT2D eigenvalue weighted by Crippen LogP contribution is 2.35. The number of fused-ring (bicyclic) bond motifs is 1. The maximum absolute atomic E-state index is 11.1. The predicted octanol–water partition coefficient (Wildman–Crippen LogP) is 0.690. The van der Waals surface area contributed by atoms with E-state index in [2.05, 4.69) is 0 Å². The van der Waals surface area contributed by atoms with E-state index in [4.69, 9.17) is 5.73 Å². The minimum absolute atomic E-state index is 0.232. The first-order valence-electron chi connectivity index (χ1n) is 4.31. The summed E-state index contributed by atoms with van der Waals surface area (Å²) in [6, 6.07) is 0. The molecule has 0 bridgehead atoms. The van der Waals surface area contributed by atoms with Gasteiger partial charge >= 0.3 is 0 Å². The number of β-lactam (4-membered cyclic amide) rings is 1. The van der Waals surface area contributed by atoms with Crippen molar-refractivity contribution in [3.05, 3.63) is 23.9 Å². The Bertz CT molecular complexity index is 285. The van der Waals surface area contributed by atoms with E-state index in [1.807, 2.05) is 35.0 Å². The number of rotatable bonds is 2. The normalized spacial score (nSPS) is 27.2. The molecule has 2 heterocycles. The number of hydrogen-bond acceptors (Lipinski definition) is 3. The highest BCUT2D eigenvalue weighted by molar-refractivity contribution is 8.00. The summed E-state index contributed by atoms with van der Waals surface area (Å²) in [5.74, 6) is 1.22. The number of thioether (sulfide) groups is 1. The molecule has 13 heavy (non-hydrogen) atoms. The Kier molecular flexibility index (Phi) is 2.42. The number of nitrogens with two attached hydrogens (primary N) is 1. The fourth-order valence-corrected chi connectivity index (χ4v) is 2.57. The van der Waals surface area contributed by atoms with E-state index < -0.39 is 0 Å². The molecule has 1 atom stereocenters. The van der Waals surface area contributed by atoms with Crippen molar-refractivity contribution in [2.24, 2.45) is 5.73 Å². The van der Waals surface area contributed by atoms with Crippen LogP contribution >= 0.6 is 11.8 Å². The maximum Gasteiger partial charge on any atom is 0.230 e. The van der Waals surface area contributed by atoms with Crippen LogP contribution in [0.2, 0.25) is 0 Å². The third kappa shape index (κ3) is 1.64. The molecule has 4 heteroatoms. The molecule has 0 radical (unpaired) electrons. The second kappa shape index (κ2) is 3.55. The van der Waals surface area contributed by atoms with E-state index in [1.165, 1.54) is 5.57 Å². The summed E-state index contributed by atoms with van der Waals surface area (Å²) in [5.41, 5.74) is 6.53. The van der Waals surface area contributed by atoms with Crippen molar-refractivity contribution >= 4 is 17.7 Å². The van der Waals surface area contributed by atoms with E-state index in [0.717, 1.165) is 5.75 Å². The molecule has 0 aromatic rings. The fraction of sp³-hybridized carbons (Fsp3) is 0.444. The average Bonchev–Trinajstić information content (AvgIpc) is 2.14. The van der Waals surface area contributed by atoms with Crippen molar-refractivity contribution in [3.8, 4) is 0 Å². The lowest BCUT2D eigenvalue weighted by atomic mass is 10.2.